The van der Waals surface area contributed by atoms with Gasteiger partial charge in [0.25, 0.3) is 5.91 Å². The molecule has 14 heavy (non-hydrogen) atoms. The summed E-state index contributed by atoms with van der Waals surface area (Å²) in [6.45, 7) is 0. The van der Waals surface area contributed by atoms with Gasteiger partial charge in [0.2, 0.25) is 5.91 Å². The van der Waals surface area contributed by atoms with Crippen molar-refractivity contribution < 1.29 is 14.4 Å². The highest BCUT2D eigenvalue weighted by molar-refractivity contribution is 7.13. The van der Waals surface area contributed by atoms with Gasteiger partial charge in [0.15, 0.2) is 0 Å². The Bertz CT molecular complexity index is 212. The zero-order chi connectivity index (χ0) is 11.1. The molecule has 0 rings (SSSR count). The number of likely N-dealkylation sites (N-methyl/N-ethyl adjacent to an activating group) is 1. The van der Waals surface area contributed by atoms with Gasteiger partial charge in [0.05, 0.1) is 13.2 Å². The molecule has 0 aromatic rings. The quantitative estimate of drug-likeness (QED) is 0.446. The van der Waals surface area contributed by atoms with Crippen molar-refractivity contribution in [2.75, 3.05) is 14.2 Å². The first kappa shape index (κ1) is 13.3. The Morgan fingerprint density at radius 3 is 2.57 bits per heavy atom. The van der Waals surface area contributed by atoms with Gasteiger partial charge in [0, 0.05) is 13.5 Å². The molecule has 0 radical (unpaired) electrons. The third kappa shape index (κ3) is 4.50. The average Bonchev–Trinajstić information content (AvgIpc) is 2.16. The van der Waals surface area contributed by atoms with Gasteiger partial charge in [-0.05, 0) is 6.42 Å². The Hall–Kier alpha value is -0.710. The molecule has 0 aliphatic heterocycles. The molecule has 2 amide bonds. The maximum absolute atomic E-state index is 11.5. The van der Waals surface area contributed by atoms with Crippen molar-refractivity contribution >= 4 is 21.2 Å². The molecule has 2 atom stereocenters. The van der Waals surface area contributed by atoms with Crippen molar-refractivity contribution in [3.05, 3.63) is 0 Å². The fraction of sp³-hybridized carbons (Fsp3) is 0.714. The lowest BCUT2D eigenvalue weighted by Crippen LogP contribution is -2.41. The van der Waals surface area contributed by atoms with Crippen LogP contribution in [0.1, 0.15) is 12.8 Å². The van der Waals surface area contributed by atoms with Gasteiger partial charge >= 0.3 is 0 Å². The molecule has 0 saturated heterocycles. The number of hydrogen-bond acceptors (Lipinski definition) is 4. The van der Waals surface area contributed by atoms with Crippen molar-refractivity contribution in [3.63, 3.8) is 0 Å². The minimum atomic E-state index is -0.475. The number of hydroxylamine groups is 2. The van der Waals surface area contributed by atoms with E-state index in [2.05, 4.69) is 14.5 Å². The summed E-state index contributed by atoms with van der Waals surface area (Å²) in [5.74, 6) is -0.674. The maximum atomic E-state index is 11.5. The number of carbonyl (C=O) groups excluding carboxylic acids is 2. The van der Waals surface area contributed by atoms with Crippen LogP contribution in [0, 0.1) is 0 Å². The third-order valence-electron chi connectivity index (χ3n) is 1.76. The summed E-state index contributed by atoms with van der Waals surface area (Å²) in [6.07, 6.45) is 0.515. The summed E-state index contributed by atoms with van der Waals surface area (Å²) in [4.78, 5) is 26.7. The van der Waals surface area contributed by atoms with Crippen LogP contribution in [0.25, 0.3) is 0 Å². The van der Waals surface area contributed by atoms with E-state index in [1.165, 1.54) is 14.2 Å². The highest BCUT2D eigenvalue weighted by Gasteiger charge is 2.20. The minimum Gasteiger partial charge on any atom is -0.370 e. The number of rotatable bonds is 6. The minimum absolute atomic E-state index is 0.162. The molecule has 0 saturated carbocycles. The van der Waals surface area contributed by atoms with E-state index in [1.54, 1.807) is 0 Å². The lowest BCUT2D eigenvalue weighted by molar-refractivity contribution is -0.170. The van der Waals surface area contributed by atoms with E-state index in [1.807, 2.05) is 0 Å². The van der Waals surface area contributed by atoms with E-state index in [0.717, 1.165) is 5.06 Å². The predicted molar refractivity (Wildman–Crippen MR) is 54.8 cm³/mol. The van der Waals surface area contributed by atoms with Gasteiger partial charge in [-0.25, -0.2) is 5.06 Å². The number of nitrogens with one attached hydrogen (secondary N) is 1. The standard InChI is InChI=1S/C7H16N3O3P/c1-10(13-2)7(12)5(9-14)3-4-6(8)11/h5,9H,3-4,14H2,1-2H3,(H2,8,11). The molecule has 7 heteroatoms. The molecule has 0 aliphatic carbocycles. The van der Waals surface area contributed by atoms with Gasteiger partial charge in [0.1, 0.15) is 0 Å². The number of primary amides is 1. The lowest BCUT2D eigenvalue weighted by atomic mass is 10.1. The largest absolute Gasteiger partial charge is 0.370 e. The van der Waals surface area contributed by atoms with E-state index < -0.39 is 11.9 Å². The number of nitrogens with two attached hydrogens (primary N) is 1. The van der Waals surface area contributed by atoms with Gasteiger partial charge < -0.3 is 5.73 Å². The van der Waals surface area contributed by atoms with Gasteiger partial charge in [-0.2, -0.15) is 0 Å². The first-order valence-corrected chi connectivity index (χ1v) is 4.66. The van der Waals surface area contributed by atoms with Gasteiger partial charge in [-0.3, -0.25) is 19.5 Å². The van der Waals surface area contributed by atoms with Crippen molar-refractivity contribution in [1.82, 2.24) is 10.2 Å². The molecule has 0 bridgehead atoms. The maximum Gasteiger partial charge on any atom is 0.263 e. The number of amides is 2. The molecule has 2 unspecified atom stereocenters. The Balaban J connectivity index is 4.12. The van der Waals surface area contributed by atoms with Crippen molar-refractivity contribution in [3.8, 4) is 0 Å². The molecule has 0 aliphatic rings. The van der Waals surface area contributed by atoms with Crippen molar-refractivity contribution in [2.24, 2.45) is 5.73 Å². The monoisotopic (exact) mass is 221 g/mol. The van der Waals surface area contributed by atoms with Crippen LogP contribution in [-0.4, -0.2) is 37.1 Å². The van der Waals surface area contributed by atoms with E-state index in [0.29, 0.717) is 6.42 Å². The number of nitrogens with zero attached hydrogens (tertiary/aromatic N) is 1. The molecule has 0 aromatic heterocycles. The van der Waals surface area contributed by atoms with E-state index >= 15 is 0 Å². The zero-order valence-electron chi connectivity index (χ0n) is 8.32. The second-order valence-corrected chi connectivity index (χ2v) is 3.08. The molecular weight excluding hydrogens is 205 g/mol. The first-order valence-electron chi connectivity index (χ1n) is 4.09. The fourth-order valence-electron chi connectivity index (χ4n) is 0.874. The predicted octanol–water partition coefficient (Wildman–Crippen LogP) is -0.980. The van der Waals surface area contributed by atoms with Crippen LogP contribution < -0.4 is 10.8 Å². The van der Waals surface area contributed by atoms with Crippen molar-refractivity contribution in [2.45, 2.75) is 18.9 Å². The van der Waals surface area contributed by atoms with Crippen LogP contribution in [-0.2, 0) is 14.4 Å². The van der Waals surface area contributed by atoms with Gasteiger partial charge in [-0.15, -0.1) is 0 Å². The van der Waals surface area contributed by atoms with Crippen LogP contribution in [0.4, 0.5) is 0 Å². The summed E-state index contributed by atoms with van der Waals surface area (Å²) in [5, 5.41) is 3.81. The molecule has 3 N–H and O–H groups in total. The van der Waals surface area contributed by atoms with Gasteiger partial charge in [-0.1, -0.05) is 9.39 Å². The summed E-state index contributed by atoms with van der Waals surface area (Å²) in [6, 6.07) is -0.475. The third-order valence-corrected chi connectivity index (χ3v) is 2.17. The smallest absolute Gasteiger partial charge is 0.263 e. The van der Waals surface area contributed by atoms with E-state index in [9.17, 15) is 9.59 Å². The van der Waals surface area contributed by atoms with Crippen LogP contribution in [0.3, 0.4) is 0 Å². The molecular formula is C7H16N3O3P. The first-order chi connectivity index (χ1) is 6.52. The molecule has 0 fully saturated rings. The second-order valence-electron chi connectivity index (χ2n) is 2.74. The van der Waals surface area contributed by atoms with Crippen LogP contribution >= 0.6 is 9.39 Å². The highest BCUT2D eigenvalue weighted by atomic mass is 31.0. The highest BCUT2D eigenvalue weighted by Crippen LogP contribution is 2.03. The number of hydrogen-bond donors (Lipinski definition) is 2. The lowest BCUT2D eigenvalue weighted by Gasteiger charge is -2.20. The SMILES string of the molecule is CON(C)C(=O)C(CCC(N)=O)NP. The van der Waals surface area contributed by atoms with Crippen LogP contribution in [0.5, 0.6) is 0 Å². The Morgan fingerprint density at radius 2 is 2.21 bits per heavy atom. The van der Waals surface area contributed by atoms with Crippen LogP contribution in [0.15, 0.2) is 0 Å². The summed E-state index contributed by atoms with van der Waals surface area (Å²) in [5.41, 5.74) is 4.97. The summed E-state index contributed by atoms with van der Waals surface area (Å²) < 4.78 is 0. The fourth-order valence-corrected chi connectivity index (χ4v) is 1.18. The number of carbonyl (C=O) groups is 2. The van der Waals surface area contributed by atoms with Crippen LogP contribution in [0.2, 0.25) is 0 Å². The van der Waals surface area contributed by atoms with Crippen molar-refractivity contribution in [1.29, 1.82) is 0 Å². The average molecular weight is 221 g/mol. The molecule has 6 nitrogen and oxygen atoms in total. The molecule has 0 aromatic carbocycles. The zero-order valence-corrected chi connectivity index (χ0v) is 9.47. The Morgan fingerprint density at radius 1 is 1.64 bits per heavy atom. The van der Waals surface area contributed by atoms with E-state index in [4.69, 9.17) is 10.6 Å². The normalized spacial score (nSPS) is 12.2. The summed E-state index contributed by atoms with van der Waals surface area (Å²) in [7, 11) is 5.13. The Kier molecular flexibility index (Phi) is 6.36. The molecule has 0 heterocycles. The molecule has 0 spiro atoms. The molecule has 82 valence electrons. The van der Waals surface area contributed by atoms with E-state index in [-0.39, 0.29) is 12.3 Å². The topological polar surface area (TPSA) is 84.7 Å². The Labute approximate surface area is 85.4 Å². The second kappa shape index (κ2) is 6.70. The summed E-state index contributed by atoms with van der Waals surface area (Å²) >= 11 is 0.